The van der Waals surface area contributed by atoms with Crippen molar-refractivity contribution < 1.29 is 4.39 Å². The van der Waals surface area contributed by atoms with Crippen LogP contribution < -0.4 is 0 Å². The van der Waals surface area contributed by atoms with Crippen LogP contribution in [0.5, 0.6) is 0 Å². The molecule has 1 aromatic carbocycles. The van der Waals surface area contributed by atoms with Gasteiger partial charge in [0.15, 0.2) is 0 Å². The first-order valence-corrected chi connectivity index (χ1v) is 7.13. The number of aromatic nitrogens is 2. The van der Waals surface area contributed by atoms with Crippen LogP contribution in [0.4, 0.5) is 4.39 Å². The minimum atomic E-state index is -0.306. The van der Waals surface area contributed by atoms with Crippen LogP contribution in [0.15, 0.2) is 36.7 Å². The van der Waals surface area contributed by atoms with E-state index < -0.39 is 0 Å². The molecule has 0 atom stereocenters. The number of H-pyrrole nitrogens is 1. The fourth-order valence-electron chi connectivity index (χ4n) is 3.11. The normalized spacial score (nSPS) is 15.3. The number of rotatable bonds is 1. The van der Waals surface area contributed by atoms with Crippen LogP contribution >= 0.6 is 0 Å². The number of nitrogens with zero attached hydrogens (tertiary/aromatic N) is 2. The third-order valence-corrected chi connectivity index (χ3v) is 4.20. The fourth-order valence-corrected chi connectivity index (χ4v) is 3.11. The Balaban J connectivity index is 1.84. The second kappa shape index (κ2) is 4.67. The molecule has 0 saturated carbocycles. The van der Waals surface area contributed by atoms with Crippen molar-refractivity contribution in [3.63, 3.8) is 0 Å². The maximum absolute atomic E-state index is 13.3. The fraction of sp³-hybridized carbons (Fsp3) is 0.235. The molecule has 0 aliphatic carbocycles. The van der Waals surface area contributed by atoms with Crippen molar-refractivity contribution in [1.29, 1.82) is 0 Å². The van der Waals surface area contributed by atoms with Crippen molar-refractivity contribution >= 4 is 10.9 Å². The molecule has 0 unspecified atom stereocenters. The number of fused-ring (bicyclic) bond motifs is 3. The van der Waals surface area contributed by atoms with Gasteiger partial charge in [0, 0.05) is 47.9 Å². The van der Waals surface area contributed by atoms with Gasteiger partial charge in [0.05, 0.1) is 6.20 Å². The van der Waals surface area contributed by atoms with Crippen molar-refractivity contribution in [3.05, 3.63) is 53.7 Å². The SMILES string of the molecule is CN1CCc2[nH]c3cc(-c4cncc(F)c4)ccc3c2C1. The van der Waals surface area contributed by atoms with Gasteiger partial charge in [-0.3, -0.25) is 4.98 Å². The van der Waals surface area contributed by atoms with Gasteiger partial charge in [0.1, 0.15) is 5.82 Å². The van der Waals surface area contributed by atoms with Crippen molar-refractivity contribution in [2.45, 2.75) is 13.0 Å². The van der Waals surface area contributed by atoms with Crippen LogP contribution in [-0.2, 0) is 13.0 Å². The highest BCUT2D eigenvalue weighted by atomic mass is 19.1. The Bertz CT molecular complexity index is 822. The Morgan fingerprint density at radius 2 is 2.10 bits per heavy atom. The van der Waals surface area contributed by atoms with Gasteiger partial charge < -0.3 is 9.88 Å². The van der Waals surface area contributed by atoms with Crippen LogP contribution in [0.2, 0.25) is 0 Å². The molecule has 4 rings (SSSR count). The molecule has 1 aliphatic rings. The molecule has 3 nitrogen and oxygen atoms in total. The Kier molecular flexibility index (Phi) is 2.79. The zero-order valence-electron chi connectivity index (χ0n) is 11.9. The monoisotopic (exact) mass is 281 g/mol. The van der Waals surface area contributed by atoms with Crippen LogP contribution in [0.3, 0.4) is 0 Å². The first kappa shape index (κ1) is 12.5. The Labute approximate surface area is 122 Å². The summed E-state index contributed by atoms with van der Waals surface area (Å²) in [5.41, 5.74) is 5.64. The summed E-state index contributed by atoms with van der Waals surface area (Å²) in [4.78, 5) is 9.78. The minimum absolute atomic E-state index is 0.306. The smallest absolute Gasteiger partial charge is 0.142 e. The lowest BCUT2D eigenvalue weighted by Crippen LogP contribution is -2.25. The second-order valence-corrected chi connectivity index (χ2v) is 5.72. The maximum Gasteiger partial charge on any atom is 0.142 e. The predicted molar refractivity (Wildman–Crippen MR) is 81.5 cm³/mol. The minimum Gasteiger partial charge on any atom is -0.358 e. The van der Waals surface area contributed by atoms with E-state index in [4.69, 9.17) is 0 Å². The third-order valence-electron chi connectivity index (χ3n) is 4.20. The van der Waals surface area contributed by atoms with Gasteiger partial charge in [0.2, 0.25) is 0 Å². The summed E-state index contributed by atoms with van der Waals surface area (Å²) < 4.78 is 13.3. The lowest BCUT2D eigenvalue weighted by molar-refractivity contribution is 0.313. The predicted octanol–water partition coefficient (Wildman–Crippen LogP) is 3.36. The number of nitrogens with one attached hydrogen (secondary N) is 1. The summed E-state index contributed by atoms with van der Waals surface area (Å²) in [6.45, 7) is 2.07. The lowest BCUT2D eigenvalue weighted by atomic mass is 10.0. The molecule has 0 radical (unpaired) electrons. The molecule has 3 heterocycles. The second-order valence-electron chi connectivity index (χ2n) is 5.72. The summed E-state index contributed by atoms with van der Waals surface area (Å²) in [5.74, 6) is -0.306. The van der Waals surface area contributed by atoms with Gasteiger partial charge in [0.25, 0.3) is 0 Å². The molecule has 1 aliphatic heterocycles. The zero-order chi connectivity index (χ0) is 14.4. The third kappa shape index (κ3) is 2.12. The summed E-state index contributed by atoms with van der Waals surface area (Å²) >= 11 is 0. The summed E-state index contributed by atoms with van der Waals surface area (Å²) in [5, 5.41) is 1.27. The van der Waals surface area contributed by atoms with Crippen molar-refractivity contribution in [2.24, 2.45) is 0 Å². The molecule has 0 saturated heterocycles. The largest absolute Gasteiger partial charge is 0.358 e. The van der Waals surface area contributed by atoms with E-state index in [-0.39, 0.29) is 5.82 Å². The molecule has 3 aromatic rings. The van der Waals surface area contributed by atoms with Crippen LogP contribution in [0.1, 0.15) is 11.3 Å². The highest BCUT2D eigenvalue weighted by Crippen LogP contribution is 2.30. The number of halogens is 1. The van der Waals surface area contributed by atoms with Crippen molar-refractivity contribution in [1.82, 2.24) is 14.9 Å². The van der Waals surface area contributed by atoms with Crippen LogP contribution in [0.25, 0.3) is 22.0 Å². The molecule has 2 aromatic heterocycles. The van der Waals surface area contributed by atoms with E-state index in [9.17, 15) is 4.39 Å². The molecule has 0 amide bonds. The van der Waals surface area contributed by atoms with Gasteiger partial charge in [-0.15, -0.1) is 0 Å². The average molecular weight is 281 g/mol. The van der Waals surface area contributed by atoms with Crippen LogP contribution in [-0.4, -0.2) is 28.5 Å². The molecule has 106 valence electrons. The quantitative estimate of drug-likeness (QED) is 0.741. The van der Waals surface area contributed by atoms with Gasteiger partial charge in [-0.2, -0.15) is 0 Å². The standard InChI is InChI=1S/C17H16FN3/c1-21-5-4-16-15(10-21)14-3-2-11(7-17(14)20-16)12-6-13(18)9-19-8-12/h2-3,6-9,20H,4-5,10H2,1H3. The van der Waals surface area contributed by atoms with Crippen molar-refractivity contribution in [3.8, 4) is 11.1 Å². The molecule has 1 N–H and O–H groups in total. The number of hydrogen-bond donors (Lipinski definition) is 1. The first-order valence-electron chi connectivity index (χ1n) is 7.13. The van der Waals surface area contributed by atoms with Gasteiger partial charge >= 0.3 is 0 Å². The molecular weight excluding hydrogens is 265 g/mol. The van der Waals surface area contributed by atoms with Gasteiger partial charge in [-0.1, -0.05) is 12.1 Å². The lowest BCUT2D eigenvalue weighted by Gasteiger charge is -2.22. The van der Waals surface area contributed by atoms with Gasteiger partial charge in [-0.05, 0) is 30.3 Å². The molecular formula is C17H16FN3. The Morgan fingerprint density at radius 3 is 2.95 bits per heavy atom. The number of pyridine rings is 1. The number of hydrogen-bond acceptors (Lipinski definition) is 2. The maximum atomic E-state index is 13.3. The van der Waals surface area contributed by atoms with Crippen LogP contribution in [0, 0.1) is 5.82 Å². The average Bonchev–Trinajstić information content (AvgIpc) is 2.84. The van der Waals surface area contributed by atoms with E-state index in [0.29, 0.717) is 0 Å². The van der Waals surface area contributed by atoms with E-state index >= 15 is 0 Å². The molecule has 21 heavy (non-hydrogen) atoms. The van der Waals surface area contributed by atoms with Gasteiger partial charge in [-0.25, -0.2) is 4.39 Å². The van der Waals surface area contributed by atoms with Crippen molar-refractivity contribution in [2.75, 3.05) is 13.6 Å². The summed E-state index contributed by atoms with van der Waals surface area (Å²) in [7, 11) is 2.15. The Morgan fingerprint density at radius 1 is 1.19 bits per heavy atom. The van der Waals surface area contributed by atoms with E-state index in [0.717, 1.165) is 36.2 Å². The number of aromatic amines is 1. The summed E-state index contributed by atoms with van der Waals surface area (Å²) in [6.07, 6.45) is 3.98. The highest BCUT2D eigenvalue weighted by Gasteiger charge is 2.18. The zero-order valence-corrected chi connectivity index (χ0v) is 11.9. The Hall–Kier alpha value is -2.20. The molecule has 0 bridgehead atoms. The van der Waals surface area contributed by atoms with E-state index in [2.05, 4.69) is 34.0 Å². The van der Waals surface area contributed by atoms with E-state index in [1.807, 2.05) is 6.07 Å². The first-order chi connectivity index (χ1) is 10.2. The number of benzene rings is 1. The van der Waals surface area contributed by atoms with E-state index in [1.54, 1.807) is 6.20 Å². The topological polar surface area (TPSA) is 31.9 Å². The summed E-state index contributed by atoms with van der Waals surface area (Å²) in [6, 6.07) is 7.78. The number of likely N-dealkylation sites (N-methyl/N-ethyl adjacent to an activating group) is 1. The molecule has 0 spiro atoms. The molecule has 0 fully saturated rings. The van der Waals surface area contributed by atoms with E-state index in [1.165, 1.54) is 28.9 Å². The highest BCUT2D eigenvalue weighted by molar-refractivity contribution is 5.88. The molecule has 4 heteroatoms.